The van der Waals surface area contributed by atoms with Crippen LogP contribution in [0.3, 0.4) is 0 Å². The third-order valence-electron chi connectivity index (χ3n) is 2.85. The average molecular weight is 284 g/mol. The molecule has 2 heterocycles. The third kappa shape index (κ3) is 2.78. The van der Waals surface area contributed by atoms with Gasteiger partial charge in [0.2, 0.25) is 5.56 Å². The molecule has 0 fully saturated rings. The van der Waals surface area contributed by atoms with Crippen molar-refractivity contribution in [3.8, 4) is 0 Å². The molecule has 0 radical (unpaired) electrons. The number of aromatic amines is 1. The fraction of sp³-hybridized carbons (Fsp3) is 0.0667. The maximum Gasteiger partial charge on any atom is 0.248 e. The first-order valence-corrected chi connectivity index (χ1v) is 7.01. The molecule has 5 heteroatoms. The van der Waals surface area contributed by atoms with Crippen LogP contribution in [0.15, 0.2) is 57.8 Å². The van der Waals surface area contributed by atoms with Crippen molar-refractivity contribution >= 4 is 28.5 Å². The topological polar surface area (TPSA) is 54.4 Å². The smallest absolute Gasteiger partial charge is 0.248 e. The molecule has 0 saturated carbocycles. The van der Waals surface area contributed by atoms with Gasteiger partial charge in [-0.2, -0.15) is 0 Å². The number of hydrogen-bond acceptors (Lipinski definition) is 4. The molecule has 0 aliphatic carbocycles. The van der Waals surface area contributed by atoms with E-state index in [-0.39, 0.29) is 12.2 Å². The molecular weight excluding hydrogens is 272 g/mol. The number of oxime groups is 1. The molecule has 100 valence electrons. The fourth-order valence-electron chi connectivity index (χ4n) is 1.96. The summed E-state index contributed by atoms with van der Waals surface area (Å²) in [5.41, 5.74) is 1.50. The fourth-order valence-corrected chi connectivity index (χ4v) is 2.53. The Kier molecular flexibility index (Phi) is 3.60. The van der Waals surface area contributed by atoms with Crippen LogP contribution in [0, 0.1) is 0 Å². The largest absolute Gasteiger partial charge is 0.391 e. The van der Waals surface area contributed by atoms with E-state index in [0.29, 0.717) is 0 Å². The summed E-state index contributed by atoms with van der Waals surface area (Å²) >= 11 is 1.59. The number of aromatic nitrogens is 1. The van der Waals surface area contributed by atoms with Crippen LogP contribution in [0.1, 0.15) is 10.4 Å². The molecule has 3 aromatic rings. The van der Waals surface area contributed by atoms with Crippen LogP contribution in [-0.4, -0.2) is 11.2 Å². The summed E-state index contributed by atoms with van der Waals surface area (Å²) in [5.74, 6) is 0. The Morgan fingerprint density at radius 2 is 2.15 bits per heavy atom. The highest BCUT2D eigenvalue weighted by Gasteiger charge is 2.03. The van der Waals surface area contributed by atoms with E-state index in [1.54, 1.807) is 23.6 Å². The summed E-state index contributed by atoms with van der Waals surface area (Å²) in [5, 5.41) is 6.87. The zero-order valence-corrected chi connectivity index (χ0v) is 11.4. The normalized spacial score (nSPS) is 11.2. The lowest BCUT2D eigenvalue weighted by Gasteiger charge is -2.04. The first-order valence-electron chi connectivity index (χ1n) is 6.13. The Hall–Kier alpha value is -2.40. The molecule has 1 N–H and O–H groups in total. The van der Waals surface area contributed by atoms with Crippen molar-refractivity contribution in [3.63, 3.8) is 0 Å². The second kappa shape index (κ2) is 5.71. The van der Waals surface area contributed by atoms with Crippen molar-refractivity contribution in [1.82, 2.24) is 4.98 Å². The second-order valence-electron chi connectivity index (χ2n) is 4.23. The number of benzene rings is 1. The molecule has 0 aliphatic rings. The molecule has 0 amide bonds. The monoisotopic (exact) mass is 284 g/mol. The van der Waals surface area contributed by atoms with Gasteiger partial charge < -0.3 is 9.82 Å². The highest BCUT2D eigenvalue weighted by molar-refractivity contribution is 7.11. The van der Waals surface area contributed by atoms with E-state index in [1.165, 1.54) is 0 Å². The van der Waals surface area contributed by atoms with Crippen LogP contribution >= 0.6 is 11.3 Å². The first-order chi connectivity index (χ1) is 9.83. The minimum Gasteiger partial charge on any atom is -0.391 e. The number of hydrogen-bond donors (Lipinski definition) is 1. The summed E-state index contributed by atoms with van der Waals surface area (Å²) in [6, 6.07) is 13.1. The summed E-state index contributed by atoms with van der Waals surface area (Å²) in [4.78, 5) is 20.7. The molecule has 1 aromatic carbocycles. The molecule has 0 bridgehead atoms. The van der Waals surface area contributed by atoms with Gasteiger partial charge in [0.1, 0.15) is 6.61 Å². The van der Waals surface area contributed by atoms with Crippen molar-refractivity contribution in [2.45, 2.75) is 6.61 Å². The van der Waals surface area contributed by atoms with Crippen molar-refractivity contribution in [1.29, 1.82) is 0 Å². The van der Waals surface area contributed by atoms with Gasteiger partial charge in [0, 0.05) is 27.4 Å². The van der Waals surface area contributed by atoms with Gasteiger partial charge in [-0.15, -0.1) is 11.3 Å². The summed E-state index contributed by atoms with van der Waals surface area (Å²) in [6.07, 6.45) is 1.67. The van der Waals surface area contributed by atoms with Gasteiger partial charge in [0.05, 0.1) is 6.21 Å². The maximum atomic E-state index is 11.6. The second-order valence-corrected chi connectivity index (χ2v) is 5.21. The Morgan fingerprint density at radius 1 is 1.25 bits per heavy atom. The van der Waals surface area contributed by atoms with Gasteiger partial charge in [-0.05, 0) is 17.5 Å². The number of rotatable bonds is 4. The molecule has 3 rings (SSSR count). The number of para-hydroxylation sites is 1. The lowest BCUT2D eigenvalue weighted by Crippen LogP contribution is -2.06. The van der Waals surface area contributed by atoms with Crippen molar-refractivity contribution < 1.29 is 4.84 Å². The molecule has 20 heavy (non-hydrogen) atoms. The summed E-state index contributed by atoms with van der Waals surface area (Å²) < 4.78 is 0. The van der Waals surface area contributed by atoms with Crippen LogP contribution in [0.2, 0.25) is 0 Å². The highest BCUT2D eigenvalue weighted by Crippen LogP contribution is 2.15. The molecular formula is C15H12N2O2S. The van der Waals surface area contributed by atoms with E-state index in [2.05, 4.69) is 10.1 Å². The average Bonchev–Trinajstić information content (AvgIpc) is 2.96. The van der Waals surface area contributed by atoms with Crippen LogP contribution in [0.25, 0.3) is 10.9 Å². The van der Waals surface area contributed by atoms with E-state index in [0.717, 1.165) is 21.3 Å². The van der Waals surface area contributed by atoms with Crippen LogP contribution < -0.4 is 5.56 Å². The lowest BCUT2D eigenvalue weighted by molar-refractivity contribution is 0.133. The van der Waals surface area contributed by atoms with Crippen LogP contribution in [0.5, 0.6) is 0 Å². The van der Waals surface area contributed by atoms with Gasteiger partial charge in [-0.1, -0.05) is 29.4 Å². The van der Waals surface area contributed by atoms with Gasteiger partial charge in [-0.25, -0.2) is 0 Å². The zero-order valence-electron chi connectivity index (χ0n) is 10.6. The Balaban J connectivity index is 1.79. The van der Waals surface area contributed by atoms with Crippen molar-refractivity contribution in [3.05, 3.63) is 68.6 Å². The van der Waals surface area contributed by atoms with E-state index >= 15 is 0 Å². The van der Waals surface area contributed by atoms with Gasteiger partial charge in [0.15, 0.2) is 0 Å². The van der Waals surface area contributed by atoms with E-state index in [9.17, 15) is 4.79 Å². The Bertz CT molecular complexity index is 791. The Labute approximate surface area is 119 Å². The molecule has 0 unspecified atom stereocenters. The SMILES string of the molecule is O=c1cc(CO/N=C/c2cccs2)c2ccccc2[nH]1. The number of fused-ring (bicyclic) bond motifs is 1. The standard InChI is InChI=1S/C15H12N2O2S/c18-15-8-11(13-5-1-2-6-14(13)17-15)10-19-16-9-12-4-3-7-20-12/h1-9H,10H2,(H,17,18)/b16-9+. The van der Waals surface area contributed by atoms with Crippen molar-refractivity contribution in [2.24, 2.45) is 5.16 Å². The third-order valence-corrected chi connectivity index (χ3v) is 3.66. The molecule has 0 spiro atoms. The van der Waals surface area contributed by atoms with Crippen LogP contribution in [-0.2, 0) is 11.4 Å². The summed E-state index contributed by atoms with van der Waals surface area (Å²) in [6.45, 7) is 0.270. The quantitative estimate of drug-likeness (QED) is 0.591. The van der Waals surface area contributed by atoms with Crippen LogP contribution in [0.4, 0.5) is 0 Å². The number of nitrogens with one attached hydrogen (secondary N) is 1. The summed E-state index contributed by atoms with van der Waals surface area (Å²) in [7, 11) is 0. The molecule has 0 atom stereocenters. The van der Waals surface area contributed by atoms with Gasteiger partial charge in [0.25, 0.3) is 0 Å². The predicted molar refractivity (Wildman–Crippen MR) is 81.3 cm³/mol. The van der Waals surface area contributed by atoms with E-state index < -0.39 is 0 Å². The predicted octanol–water partition coefficient (Wildman–Crippen LogP) is 3.14. The maximum absolute atomic E-state index is 11.6. The molecule has 0 saturated heterocycles. The number of thiophene rings is 1. The minimum atomic E-state index is -0.135. The highest BCUT2D eigenvalue weighted by atomic mass is 32.1. The number of pyridine rings is 1. The van der Waals surface area contributed by atoms with Crippen molar-refractivity contribution in [2.75, 3.05) is 0 Å². The molecule has 0 aliphatic heterocycles. The first kappa shape index (κ1) is 12.6. The Morgan fingerprint density at radius 3 is 3.00 bits per heavy atom. The lowest BCUT2D eigenvalue weighted by atomic mass is 10.1. The minimum absolute atomic E-state index is 0.135. The van der Waals surface area contributed by atoms with Gasteiger partial charge >= 0.3 is 0 Å². The molecule has 2 aromatic heterocycles. The van der Waals surface area contributed by atoms with E-state index in [1.807, 2.05) is 41.8 Å². The zero-order chi connectivity index (χ0) is 13.8. The number of H-pyrrole nitrogens is 1. The van der Waals surface area contributed by atoms with E-state index in [4.69, 9.17) is 4.84 Å². The van der Waals surface area contributed by atoms with Gasteiger partial charge in [-0.3, -0.25) is 4.79 Å². The number of nitrogens with zero attached hydrogens (tertiary/aromatic N) is 1. The molecule has 4 nitrogen and oxygen atoms in total.